The van der Waals surface area contributed by atoms with Crippen LogP contribution in [0.5, 0.6) is 5.75 Å². The van der Waals surface area contributed by atoms with Crippen LogP contribution < -0.4 is 15.4 Å². The number of rotatable bonds is 5. The molecule has 0 radical (unpaired) electrons. The zero-order valence-corrected chi connectivity index (χ0v) is 12.1. The first-order valence-electron chi connectivity index (χ1n) is 5.68. The molecule has 0 spiro atoms. The number of hydrogen-bond donors (Lipinski definition) is 2. The summed E-state index contributed by atoms with van der Waals surface area (Å²) in [6.07, 6.45) is 0. The van der Waals surface area contributed by atoms with Crippen molar-refractivity contribution in [3.05, 3.63) is 23.8 Å². The van der Waals surface area contributed by atoms with Crippen molar-refractivity contribution in [2.75, 3.05) is 26.0 Å². The molecule has 0 aromatic heterocycles. The van der Waals surface area contributed by atoms with Crippen LogP contribution in [-0.4, -0.2) is 26.6 Å². The van der Waals surface area contributed by atoms with Gasteiger partial charge in [0.15, 0.2) is 0 Å². The van der Waals surface area contributed by atoms with Crippen molar-refractivity contribution in [2.45, 2.75) is 13.8 Å². The Hall–Kier alpha value is -1.26. The fourth-order valence-electron chi connectivity index (χ4n) is 1.56. The van der Waals surface area contributed by atoms with Gasteiger partial charge in [-0.2, -0.15) is 0 Å². The van der Waals surface area contributed by atoms with Gasteiger partial charge in [0.25, 0.3) is 0 Å². The van der Waals surface area contributed by atoms with E-state index in [1.165, 1.54) is 0 Å². The third kappa shape index (κ3) is 4.55. The van der Waals surface area contributed by atoms with Gasteiger partial charge in [-0.3, -0.25) is 4.79 Å². The third-order valence-electron chi connectivity index (χ3n) is 2.57. The first-order valence-corrected chi connectivity index (χ1v) is 5.68. The largest absolute Gasteiger partial charge is 0.495 e. The Kier molecular flexibility index (Phi) is 7.39. The molecule has 0 fully saturated rings. The molecule has 18 heavy (non-hydrogen) atoms. The second-order valence-electron chi connectivity index (χ2n) is 4.15. The summed E-state index contributed by atoms with van der Waals surface area (Å²) in [4.78, 5) is 11.8. The van der Waals surface area contributed by atoms with E-state index >= 15 is 0 Å². The van der Waals surface area contributed by atoms with Crippen LogP contribution in [-0.2, 0) is 4.79 Å². The number of amides is 1. The van der Waals surface area contributed by atoms with Crippen LogP contribution in [0.25, 0.3) is 0 Å². The monoisotopic (exact) mass is 272 g/mol. The molecule has 1 atom stereocenters. The SMILES string of the molecule is CNCC(C)C(=O)Nc1ccc(C)cc1OC.Cl. The van der Waals surface area contributed by atoms with E-state index in [0.29, 0.717) is 18.0 Å². The van der Waals surface area contributed by atoms with Crippen molar-refractivity contribution in [3.8, 4) is 5.75 Å². The molecule has 2 N–H and O–H groups in total. The van der Waals surface area contributed by atoms with Crippen molar-refractivity contribution >= 4 is 24.0 Å². The number of benzene rings is 1. The molecule has 0 saturated carbocycles. The fraction of sp³-hybridized carbons (Fsp3) is 0.462. The maximum Gasteiger partial charge on any atom is 0.228 e. The Bertz CT molecular complexity index is 397. The Balaban J connectivity index is 0.00000289. The molecule has 1 rings (SSSR count). The molecule has 0 heterocycles. The number of anilines is 1. The quantitative estimate of drug-likeness (QED) is 0.864. The van der Waals surface area contributed by atoms with Gasteiger partial charge in [-0.05, 0) is 31.7 Å². The third-order valence-corrected chi connectivity index (χ3v) is 2.57. The Morgan fingerprint density at radius 2 is 2.11 bits per heavy atom. The second-order valence-corrected chi connectivity index (χ2v) is 4.15. The van der Waals surface area contributed by atoms with Gasteiger partial charge in [0.2, 0.25) is 5.91 Å². The molecule has 1 aromatic carbocycles. The van der Waals surface area contributed by atoms with Gasteiger partial charge < -0.3 is 15.4 Å². The van der Waals surface area contributed by atoms with Crippen LogP contribution in [0.4, 0.5) is 5.69 Å². The maximum atomic E-state index is 11.8. The van der Waals surface area contributed by atoms with E-state index in [0.717, 1.165) is 5.56 Å². The Morgan fingerprint density at radius 3 is 2.67 bits per heavy atom. The van der Waals surface area contributed by atoms with Crippen molar-refractivity contribution in [2.24, 2.45) is 5.92 Å². The molecule has 102 valence electrons. The minimum atomic E-state index is -0.0778. The van der Waals surface area contributed by atoms with Crippen molar-refractivity contribution in [1.29, 1.82) is 0 Å². The highest BCUT2D eigenvalue weighted by Crippen LogP contribution is 2.25. The second kappa shape index (κ2) is 7.95. The highest BCUT2D eigenvalue weighted by atomic mass is 35.5. The number of aryl methyl sites for hydroxylation is 1. The van der Waals surface area contributed by atoms with Crippen molar-refractivity contribution in [3.63, 3.8) is 0 Å². The summed E-state index contributed by atoms with van der Waals surface area (Å²) in [6.45, 7) is 4.52. The first kappa shape index (κ1) is 16.7. The number of methoxy groups -OCH3 is 1. The van der Waals surface area contributed by atoms with Gasteiger partial charge in [-0.15, -0.1) is 12.4 Å². The van der Waals surface area contributed by atoms with E-state index in [9.17, 15) is 4.79 Å². The molecule has 1 amide bonds. The lowest BCUT2D eigenvalue weighted by Crippen LogP contribution is -2.28. The maximum absolute atomic E-state index is 11.8. The highest BCUT2D eigenvalue weighted by molar-refractivity contribution is 5.93. The molecule has 0 aliphatic rings. The standard InChI is InChI=1S/C13H20N2O2.ClH/c1-9-5-6-11(12(7-9)17-4)15-13(16)10(2)8-14-3;/h5-7,10,14H,8H2,1-4H3,(H,15,16);1H. The van der Waals surface area contributed by atoms with E-state index < -0.39 is 0 Å². The zero-order chi connectivity index (χ0) is 12.8. The highest BCUT2D eigenvalue weighted by Gasteiger charge is 2.13. The van der Waals surface area contributed by atoms with Crippen LogP contribution in [0, 0.1) is 12.8 Å². The summed E-state index contributed by atoms with van der Waals surface area (Å²) in [5, 5.41) is 5.85. The van der Waals surface area contributed by atoms with Crippen LogP contribution >= 0.6 is 12.4 Å². The lowest BCUT2D eigenvalue weighted by molar-refractivity contribution is -0.119. The average molecular weight is 273 g/mol. The number of halogens is 1. The predicted octanol–water partition coefficient (Wildman–Crippen LogP) is 2.22. The average Bonchev–Trinajstić information content (AvgIpc) is 2.31. The van der Waals surface area contributed by atoms with E-state index in [1.54, 1.807) is 7.11 Å². The van der Waals surface area contributed by atoms with Gasteiger partial charge >= 0.3 is 0 Å². The number of nitrogens with one attached hydrogen (secondary N) is 2. The predicted molar refractivity (Wildman–Crippen MR) is 76.7 cm³/mol. The van der Waals surface area contributed by atoms with Gasteiger partial charge in [0, 0.05) is 12.5 Å². The van der Waals surface area contributed by atoms with Crippen molar-refractivity contribution in [1.82, 2.24) is 5.32 Å². The van der Waals surface area contributed by atoms with Crippen LogP contribution in [0.3, 0.4) is 0 Å². The Labute approximate surface area is 115 Å². The number of carbonyl (C=O) groups excluding carboxylic acids is 1. The smallest absolute Gasteiger partial charge is 0.228 e. The number of hydrogen-bond acceptors (Lipinski definition) is 3. The van der Waals surface area contributed by atoms with E-state index in [-0.39, 0.29) is 24.2 Å². The molecule has 0 aliphatic heterocycles. The van der Waals surface area contributed by atoms with Crippen LogP contribution in [0.2, 0.25) is 0 Å². The number of carbonyl (C=O) groups is 1. The Morgan fingerprint density at radius 1 is 1.44 bits per heavy atom. The molecule has 0 aliphatic carbocycles. The van der Waals surface area contributed by atoms with Gasteiger partial charge in [0.05, 0.1) is 12.8 Å². The molecule has 1 unspecified atom stereocenters. The van der Waals surface area contributed by atoms with Crippen LogP contribution in [0.1, 0.15) is 12.5 Å². The minimum absolute atomic E-state index is 0. The van der Waals surface area contributed by atoms with Gasteiger partial charge in [0.1, 0.15) is 5.75 Å². The molecule has 0 saturated heterocycles. The van der Waals surface area contributed by atoms with Crippen molar-refractivity contribution < 1.29 is 9.53 Å². The molecule has 1 aromatic rings. The normalized spacial score (nSPS) is 11.3. The lowest BCUT2D eigenvalue weighted by Gasteiger charge is -2.14. The van der Waals surface area contributed by atoms with Crippen LogP contribution in [0.15, 0.2) is 18.2 Å². The zero-order valence-electron chi connectivity index (χ0n) is 11.2. The summed E-state index contributed by atoms with van der Waals surface area (Å²) in [5.74, 6) is 0.600. The summed E-state index contributed by atoms with van der Waals surface area (Å²) in [6, 6.07) is 5.71. The van der Waals surface area contributed by atoms with E-state index in [1.807, 2.05) is 39.1 Å². The van der Waals surface area contributed by atoms with Gasteiger partial charge in [-0.25, -0.2) is 0 Å². The summed E-state index contributed by atoms with van der Waals surface area (Å²) in [5.41, 5.74) is 1.81. The number of ether oxygens (including phenoxy) is 1. The summed E-state index contributed by atoms with van der Waals surface area (Å²) >= 11 is 0. The minimum Gasteiger partial charge on any atom is -0.495 e. The van der Waals surface area contributed by atoms with E-state index in [4.69, 9.17) is 4.74 Å². The molecule has 0 bridgehead atoms. The molecule has 5 heteroatoms. The summed E-state index contributed by atoms with van der Waals surface area (Å²) in [7, 11) is 3.43. The topological polar surface area (TPSA) is 50.4 Å². The lowest BCUT2D eigenvalue weighted by atomic mass is 10.1. The molecular weight excluding hydrogens is 252 g/mol. The van der Waals surface area contributed by atoms with Gasteiger partial charge in [-0.1, -0.05) is 13.0 Å². The molecule has 4 nitrogen and oxygen atoms in total. The first-order chi connectivity index (χ1) is 8.08. The fourth-order valence-corrected chi connectivity index (χ4v) is 1.56. The summed E-state index contributed by atoms with van der Waals surface area (Å²) < 4.78 is 5.24. The molecular formula is C13H21ClN2O2. The van der Waals surface area contributed by atoms with E-state index in [2.05, 4.69) is 10.6 Å².